The number of sulfone groups is 1. The summed E-state index contributed by atoms with van der Waals surface area (Å²) in [5.41, 5.74) is 3.54. The molecule has 4 aromatic rings. The molecule has 0 unspecified atom stereocenters. The lowest BCUT2D eigenvalue weighted by atomic mass is 10.1. The number of likely N-dealkylation sites (N-methyl/N-ethyl adjacent to an activating group) is 1. The number of esters is 1. The molecule has 9 nitrogen and oxygen atoms in total. The highest BCUT2D eigenvalue weighted by Gasteiger charge is 2.34. The van der Waals surface area contributed by atoms with Gasteiger partial charge in [0.1, 0.15) is 0 Å². The monoisotopic (exact) mass is 532 g/mol. The number of rotatable bonds is 7. The Bertz CT molecular complexity index is 1600. The Morgan fingerprint density at radius 3 is 2.39 bits per heavy atom. The number of para-hydroxylation sites is 1. The van der Waals surface area contributed by atoms with Gasteiger partial charge in [-0.3, -0.25) is 4.79 Å². The third-order valence-corrected chi connectivity index (χ3v) is 8.49. The number of amides is 1. The van der Waals surface area contributed by atoms with Gasteiger partial charge < -0.3 is 9.64 Å². The molecule has 1 fully saturated rings. The molecule has 10 heteroatoms. The van der Waals surface area contributed by atoms with Gasteiger partial charge in [0.05, 0.1) is 39.5 Å². The first-order valence-electron chi connectivity index (χ1n) is 12.5. The number of fused-ring (bicyclic) bond motifs is 1. The first-order chi connectivity index (χ1) is 18.3. The van der Waals surface area contributed by atoms with E-state index in [1.54, 1.807) is 24.6 Å². The van der Waals surface area contributed by atoms with Crippen molar-refractivity contribution >= 4 is 32.7 Å². The highest BCUT2D eigenvalue weighted by molar-refractivity contribution is 7.91. The van der Waals surface area contributed by atoms with E-state index in [9.17, 15) is 18.0 Å². The van der Waals surface area contributed by atoms with Gasteiger partial charge in [0.15, 0.2) is 22.1 Å². The number of nitrogens with zero attached hydrogens (tertiary/aromatic N) is 4. The fourth-order valence-electron chi connectivity index (χ4n) is 4.90. The van der Waals surface area contributed by atoms with Crippen LogP contribution in [-0.4, -0.2) is 70.7 Å². The van der Waals surface area contributed by atoms with Gasteiger partial charge in [-0.15, -0.1) is 0 Å². The van der Waals surface area contributed by atoms with Crippen molar-refractivity contribution in [3.8, 4) is 16.9 Å². The summed E-state index contributed by atoms with van der Waals surface area (Å²) in [6.45, 7) is 3.42. The number of benzene rings is 2. The predicted octanol–water partition coefficient (Wildman–Crippen LogP) is 3.59. The van der Waals surface area contributed by atoms with Crippen molar-refractivity contribution in [2.24, 2.45) is 0 Å². The molecule has 3 heterocycles. The normalized spacial score (nSPS) is 16.4. The molecule has 2 aromatic carbocycles. The lowest BCUT2D eigenvalue weighted by Gasteiger charge is -2.26. The minimum Gasteiger partial charge on any atom is -0.452 e. The molecule has 0 saturated carbocycles. The Balaban J connectivity index is 1.49. The van der Waals surface area contributed by atoms with E-state index < -0.39 is 34.4 Å². The molecule has 1 amide bonds. The maximum absolute atomic E-state index is 13.4. The van der Waals surface area contributed by atoms with Crippen LogP contribution in [0.15, 0.2) is 66.7 Å². The van der Waals surface area contributed by atoms with Crippen molar-refractivity contribution in [3.05, 3.63) is 78.0 Å². The maximum Gasteiger partial charge on any atom is 0.339 e. The molecule has 1 aliphatic rings. The quantitative estimate of drug-likeness (QED) is 0.335. The number of aromatic nitrogens is 3. The number of carbonyl (C=O) groups excluding carboxylic acids is 2. The smallest absolute Gasteiger partial charge is 0.339 e. The van der Waals surface area contributed by atoms with E-state index in [2.05, 4.69) is 5.10 Å². The molecule has 0 bridgehead atoms. The average molecular weight is 533 g/mol. The number of ether oxygens (including phenoxy) is 1. The standard InChI is InChI=1S/C28H28N4O5S/c1-3-31(22-14-15-38(35,36)18-22)25(33)17-37-28(34)23-16-24(20-10-6-4-7-11-20)29-27-26(23)19(2)30-32(27)21-12-8-5-9-13-21/h4-13,16,22H,3,14-15,17-18H2,1-2H3/t22-/m1/s1. The summed E-state index contributed by atoms with van der Waals surface area (Å²) in [5.74, 6) is -1.10. The summed E-state index contributed by atoms with van der Waals surface area (Å²) < 4.78 is 31.0. The van der Waals surface area contributed by atoms with Crippen molar-refractivity contribution in [2.75, 3.05) is 24.7 Å². The fraction of sp³-hybridized carbons (Fsp3) is 0.286. The molecule has 0 radical (unpaired) electrons. The molecule has 38 heavy (non-hydrogen) atoms. The number of aryl methyl sites for hydroxylation is 1. The lowest BCUT2D eigenvalue weighted by molar-refractivity contribution is -0.136. The van der Waals surface area contributed by atoms with Crippen molar-refractivity contribution in [2.45, 2.75) is 26.3 Å². The first kappa shape index (κ1) is 25.6. The number of pyridine rings is 1. The van der Waals surface area contributed by atoms with Crippen LogP contribution < -0.4 is 0 Å². The Morgan fingerprint density at radius 1 is 1.08 bits per heavy atom. The van der Waals surface area contributed by atoms with Gasteiger partial charge in [-0.2, -0.15) is 5.10 Å². The third-order valence-electron chi connectivity index (χ3n) is 6.74. The van der Waals surface area contributed by atoms with Gasteiger partial charge in [0, 0.05) is 18.2 Å². The first-order valence-corrected chi connectivity index (χ1v) is 14.3. The number of carbonyl (C=O) groups is 2. The molecule has 196 valence electrons. The van der Waals surface area contributed by atoms with Gasteiger partial charge in [0.2, 0.25) is 0 Å². The van der Waals surface area contributed by atoms with Gasteiger partial charge in [0.25, 0.3) is 5.91 Å². The van der Waals surface area contributed by atoms with Gasteiger partial charge >= 0.3 is 5.97 Å². The number of hydrogen-bond donors (Lipinski definition) is 0. The van der Waals surface area contributed by atoms with Crippen LogP contribution in [0.5, 0.6) is 0 Å². The Labute approximate surface area is 221 Å². The summed E-state index contributed by atoms with van der Waals surface area (Å²) in [6.07, 6.45) is 0.388. The molecule has 0 N–H and O–H groups in total. The fourth-order valence-corrected chi connectivity index (χ4v) is 6.63. The molecular formula is C28H28N4O5S. The molecule has 1 saturated heterocycles. The minimum atomic E-state index is -3.16. The van der Waals surface area contributed by atoms with Crippen LogP contribution in [0.1, 0.15) is 29.4 Å². The number of hydrogen-bond acceptors (Lipinski definition) is 7. The molecule has 0 aliphatic carbocycles. The lowest BCUT2D eigenvalue weighted by Crippen LogP contribution is -2.43. The van der Waals surface area contributed by atoms with E-state index in [1.165, 1.54) is 4.90 Å². The van der Waals surface area contributed by atoms with Crippen molar-refractivity contribution in [1.29, 1.82) is 0 Å². The van der Waals surface area contributed by atoms with Crippen molar-refractivity contribution < 1.29 is 22.7 Å². The summed E-state index contributed by atoms with van der Waals surface area (Å²) in [6, 6.07) is 20.3. The Kier molecular flexibility index (Phi) is 6.98. The Morgan fingerprint density at radius 2 is 1.76 bits per heavy atom. The second kappa shape index (κ2) is 10.4. The SMILES string of the molecule is CCN(C(=O)COC(=O)c1cc(-c2ccccc2)nc2c1c(C)nn2-c1ccccc1)[C@@H]1CCS(=O)(=O)C1. The summed E-state index contributed by atoms with van der Waals surface area (Å²) >= 11 is 0. The van der Waals surface area contributed by atoms with E-state index in [0.29, 0.717) is 35.4 Å². The van der Waals surface area contributed by atoms with E-state index in [4.69, 9.17) is 9.72 Å². The van der Waals surface area contributed by atoms with Crippen molar-refractivity contribution in [3.63, 3.8) is 0 Å². The predicted molar refractivity (Wildman–Crippen MR) is 144 cm³/mol. The maximum atomic E-state index is 13.4. The van der Waals surface area contributed by atoms with E-state index >= 15 is 0 Å². The molecule has 5 rings (SSSR count). The third kappa shape index (κ3) is 5.04. The minimum absolute atomic E-state index is 0.0587. The van der Waals surface area contributed by atoms with Crippen LogP contribution in [-0.2, 0) is 19.4 Å². The highest BCUT2D eigenvalue weighted by atomic mass is 32.2. The second-order valence-corrected chi connectivity index (χ2v) is 11.5. The van der Waals surface area contributed by atoms with Gasteiger partial charge in [-0.25, -0.2) is 22.9 Å². The average Bonchev–Trinajstić information content (AvgIpc) is 3.46. The summed E-state index contributed by atoms with van der Waals surface area (Å²) in [5, 5.41) is 5.20. The topological polar surface area (TPSA) is 111 Å². The summed E-state index contributed by atoms with van der Waals surface area (Å²) in [4.78, 5) is 32.7. The zero-order valence-corrected chi connectivity index (χ0v) is 22.0. The van der Waals surface area contributed by atoms with Crippen molar-refractivity contribution in [1.82, 2.24) is 19.7 Å². The molecular weight excluding hydrogens is 504 g/mol. The van der Waals surface area contributed by atoms with Crippen LogP contribution in [0.25, 0.3) is 28.0 Å². The van der Waals surface area contributed by atoms with Gasteiger partial charge in [-0.1, -0.05) is 48.5 Å². The zero-order chi connectivity index (χ0) is 26.9. The molecule has 0 spiro atoms. The summed E-state index contributed by atoms with van der Waals surface area (Å²) in [7, 11) is -3.16. The zero-order valence-electron chi connectivity index (χ0n) is 21.2. The van der Waals surface area contributed by atoms with Crippen LogP contribution in [0.4, 0.5) is 0 Å². The second-order valence-electron chi connectivity index (χ2n) is 9.27. The van der Waals surface area contributed by atoms with Crippen LogP contribution >= 0.6 is 0 Å². The van der Waals surface area contributed by atoms with Crippen LogP contribution in [0.2, 0.25) is 0 Å². The van der Waals surface area contributed by atoms with Gasteiger partial charge in [-0.05, 0) is 38.5 Å². The van der Waals surface area contributed by atoms with Crippen LogP contribution in [0, 0.1) is 6.92 Å². The molecule has 1 aliphatic heterocycles. The van der Waals surface area contributed by atoms with E-state index in [1.807, 2.05) is 60.7 Å². The van der Waals surface area contributed by atoms with E-state index in [-0.39, 0.29) is 17.1 Å². The Hall–Kier alpha value is -4.05. The molecule has 2 aromatic heterocycles. The highest BCUT2D eigenvalue weighted by Crippen LogP contribution is 2.29. The largest absolute Gasteiger partial charge is 0.452 e. The van der Waals surface area contributed by atoms with Crippen LogP contribution in [0.3, 0.4) is 0 Å². The molecule has 1 atom stereocenters. The van der Waals surface area contributed by atoms with E-state index in [0.717, 1.165) is 11.3 Å².